The van der Waals surface area contributed by atoms with Gasteiger partial charge in [0.15, 0.2) is 0 Å². The van der Waals surface area contributed by atoms with Gasteiger partial charge in [-0.05, 0) is 101 Å². The SMILES string of the molecule is C[C@@H]1CCCCO[C@H](CN(C)Cc2ccncc2)[C@@H](C)CN([C@H](C)CO)C(=O)c2cc(NC(=O)CCCCCC(=O)Nc3ccccc3N)ccc2O1. The second kappa shape index (κ2) is 21.2. The summed E-state index contributed by atoms with van der Waals surface area (Å²) in [4.78, 5) is 47.8. The normalized spacial score (nSPS) is 19.1. The topological polar surface area (TPSA) is 159 Å². The summed E-state index contributed by atoms with van der Waals surface area (Å²) in [5, 5.41) is 16.0. The highest BCUT2D eigenvalue weighted by Crippen LogP contribution is 2.29. The highest BCUT2D eigenvalue weighted by Gasteiger charge is 2.30. The molecule has 3 aromatic rings. The quantitative estimate of drug-likeness (QED) is 0.113. The molecule has 0 radical (unpaired) electrons. The molecule has 0 bridgehead atoms. The largest absolute Gasteiger partial charge is 0.490 e. The van der Waals surface area contributed by atoms with Crippen molar-refractivity contribution in [3.05, 3.63) is 78.1 Å². The minimum atomic E-state index is -0.469. The van der Waals surface area contributed by atoms with Crippen LogP contribution < -0.4 is 21.1 Å². The molecule has 2 heterocycles. The summed E-state index contributed by atoms with van der Waals surface area (Å²) in [7, 11) is 2.06. The number of anilines is 3. The number of nitrogens with one attached hydrogen (secondary N) is 2. The van der Waals surface area contributed by atoms with E-state index in [1.54, 1.807) is 47.6 Å². The molecule has 0 fully saturated rings. The van der Waals surface area contributed by atoms with Crippen LogP contribution in [-0.4, -0.2) is 89.2 Å². The van der Waals surface area contributed by atoms with Gasteiger partial charge in [0.05, 0.1) is 41.8 Å². The number of carbonyl (C=O) groups is 3. The summed E-state index contributed by atoms with van der Waals surface area (Å²) < 4.78 is 12.8. The standard InChI is InChI=1S/C41H58N6O6/c1-29-25-47(30(2)28-48)41(51)34-24-33(44-39(49)15-6-5-7-16-40(50)45-36-14-9-8-13-35(36)42)17-18-37(34)53-31(3)12-10-11-23-52-38(29)27-46(4)26-32-19-21-43-22-20-32/h8-9,13-14,17-22,24,29-31,38,48H,5-7,10-12,15-16,23,25-28,42H2,1-4H3,(H,44,49)(H,45,50)/t29-,30+,31+,38+/m0/s1. The number of nitrogen functional groups attached to an aromatic ring is 1. The van der Waals surface area contributed by atoms with E-state index in [-0.39, 0.29) is 48.9 Å². The van der Waals surface area contributed by atoms with Crippen molar-refractivity contribution >= 4 is 34.8 Å². The van der Waals surface area contributed by atoms with Crippen LogP contribution >= 0.6 is 0 Å². The number of likely N-dealkylation sites (N-methyl/N-ethyl adjacent to an activating group) is 1. The van der Waals surface area contributed by atoms with Gasteiger partial charge in [-0.2, -0.15) is 0 Å². The highest BCUT2D eigenvalue weighted by molar-refractivity contribution is 6.00. The lowest BCUT2D eigenvalue weighted by atomic mass is 10.0. The van der Waals surface area contributed by atoms with Crippen LogP contribution in [0.1, 0.15) is 88.1 Å². The molecule has 4 atom stereocenters. The van der Waals surface area contributed by atoms with Crippen molar-refractivity contribution in [3.63, 3.8) is 0 Å². The first kappa shape index (κ1) is 41.2. The van der Waals surface area contributed by atoms with Gasteiger partial charge in [-0.25, -0.2) is 0 Å². The van der Waals surface area contributed by atoms with Crippen molar-refractivity contribution in [1.82, 2.24) is 14.8 Å². The number of amides is 3. The number of hydrogen-bond donors (Lipinski definition) is 4. The van der Waals surface area contributed by atoms with E-state index in [1.165, 1.54) is 0 Å². The Morgan fingerprint density at radius 2 is 1.74 bits per heavy atom. The molecule has 3 amide bonds. The van der Waals surface area contributed by atoms with Crippen LogP contribution in [0.3, 0.4) is 0 Å². The molecule has 0 saturated carbocycles. The summed E-state index contributed by atoms with van der Waals surface area (Å²) in [6.45, 7) is 8.06. The highest BCUT2D eigenvalue weighted by atomic mass is 16.5. The number of aliphatic hydroxyl groups excluding tert-OH is 1. The molecule has 1 aliphatic rings. The number of aliphatic hydroxyl groups is 1. The van der Waals surface area contributed by atoms with Gasteiger partial charge in [-0.3, -0.25) is 24.3 Å². The molecule has 0 saturated heterocycles. The lowest BCUT2D eigenvalue weighted by Crippen LogP contribution is -2.47. The summed E-state index contributed by atoms with van der Waals surface area (Å²) in [5.74, 6) is -0.189. The van der Waals surface area contributed by atoms with Gasteiger partial charge in [0.1, 0.15) is 5.75 Å². The van der Waals surface area contributed by atoms with Crippen molar-refractivity contribution < 1.29 is 29.0 Å². The van der Waals surface area contributed by atoms with Crippen molar-refractivity contribution in [1.29, 1.82) is 0 Å². The van der Waals surface area contributed by atoms with Gasteiger partial charge in [0, 0.05) is 63.1 Å². The van der Waals surface area contributed by atoms with Crippen molar-refractivity contribution in [2.45, 2.75) is 96.9 Å². The lowest BCUT2D eigenvalue weighted by molar-refractivity contribution is -0.116. The fourth-order valence-electron chi connectivity index (χ4n) is 6.43. The molecule has 12 heteroatoms. The number of benzene rings is 2. The second-order valence-electron chi connectivity index (χ2n) is 14.3. The van der Waals surface area contributed by atoms with E-state index in [9.17, 15) is 19.5 Å². The number of nitrogens with zero attached hydrogens (tertiary/aromatic N) is 3. The van der Waals surface area contributed by atoms with Crippen LogP contribution in [0.5, 0.6) is 5.75 Å². The van der Waals surface area contributed by atoms with Crippen LogP contribution in [0.25, 0.3) is 0 Å². The molecule has 1 aromatic heterocycles. The van der Waals surface area contributed by atoms with Gasteiger partial charge in [0.25, 0.3) is 5.91 Å². The van der Waals surface area contributed by atoms with E-state index < -0.39 is 6.04 Å². The number of rotatable bonds is 14. The first-order valence-electron chi connectivity index (χ1n) is 18.9. The number of fused-ring (bicyclic) bond motifs is 1. The predicted octanol–water partition coefficient (Wildman–Crippen LogP) is 6.12. The Morgan fingerprint density at radius 1 is 1.02 bits per heavy atom. The van der Waals surface area contributed by atoms with Crippen LogP contribution in [0.4, 0.5) is 17.1 Å². The van der Waals surface area contributed by atoms with Gasteiger partial charge in [-0.1, -0.05) is 25.5 Å². The summed E-state index contributed by atoms with van der Waals surface area (Å²) in [6.07, 6.45) is 8.41. The molecule has 0 spiro atoms. The van der Waals surface area contributed by atoms with Crippen molar-refractivity contribution in [3.8, 4) is 5.75 Å². The second-order valence-corrected chi connectivity index (χ2v) is 14.3. The minimum Gasteiger partial charge on any atom is -0.490 e. The molecule has 12 nitrogen and oxygen atoms in total. The van der Waals surface area contributed by atoms with Crippen LogP contribution in [0.15, 0.2) is 67.0 Å². The molecule has 1 aliphatic heterocycles. The third-order valence-electron chi connectivity index (χ3n) is 9.57. The van der Waals surface area contributed by atoms with Gasteiger partial charge in [0.2, 0.25) is 11.8 Å². The molecule has 5 N–H and O–H groups in total. The van der Waals surface area contributed by atoms with Gasteiger partial charge >= 0.3 is 0 Å². The fraction of sp³-hybridized carbons (Fsp3) is 0.512. The minimum absolute atomic E-state index is 0.0514. The Bertz CT molecular complexity index is 1610. The molecule has 4 rings (SSSR count). The van der Waals surface area contributed by atoms with E-state index >= 15 is 0 Å². The Morgan fingerprint density at radius 3 is 2.45 bits per heavy atom. The molecule has 288 valence electrons. The van der Waals surface area contributed by atoms with Crippen LogP contribution in [0, 0.1) is 5.92 Å². The van der Waals surface area contributed by atoms with E-state index in [0.717, 1.165) is 31.4 Å². The zero-order chi connectivity index (χ0) is 38.2. The third-order valence-corrected chi connectivity index (χ3v) is 9.57. The molecule has 0 unspecified atom stereocenters. The molecule has 53 heavy (non-hydrogen) atoms. The average Bonchev–Trinajstić information content (AvgIpc) is 3.14. The van der Waals surface area contributed by atoms with E-state index in [0.29, 0.717) is 73.8 Å². The fourth-order valence-corrected chi connectivity index (χ4v) is 6.43. The summed E-state index contributed by atoms with van der Waals surface area (Å²) >= 11 is 0. The Kier molecular flexibility index (Phi) is 16.5. The first-order valence-corrected chi connectivity index (χ1v) is 18.9. The Labute approximate surface area is 314 Å². The Hall–Kier alpha value is -4.52. The average molecular weight is 731 g/mol. The Balaban J connectivity index is 1.42. The molecular weight excluding hydrogens is 672 g/mol. The van der Waals surface area contributed by atoms with Gasteiger partial charge in [-0.15, -0.1) is 0 Å². The third kappa shape index (κ3) is 13.4. The monoisotopic (exact) mass is 730 g/mol. The first-order chi connectivity index (χ1) is 25.5. The number of aromatic nitrogens is 1. The number of nitrogens with two attached hydrogens (primary N) is 1. The number of hydrogen-bond acceptors (Lipinski definition) is 9. The number of unbranched alkanes of at least 4 members (excludes halogenated alkanes) is 2. The maximum absolute atomic E-state index is 14.4. The number of pyridine rings is 1. The van der Waals surface area contributed by atoms with E-state index in [4.69, 9.17) is 15.2 Å². The predicted molar refractivity (Wildman–Crippen MR) is 209 cm³/mol. The number of carbonyl (C=O) groups excluding carboxylic acids is 3. The van der Waals surface area contributed by atoms with Crippen molar-refractivity contribution in [2.75, 3.05) is 49.7 Å². The van der Waals surface area contributed by atoms with E-state index in [2.05, 4.69) is 34.5 Å². The lowest BCUT2D eigenvalue weighted by Gasteiger charge is -2.36. The zero-order valence-corrected chi connectivity index (χ0v) is 31.8. The zero-order valence-electron chi connectivity index (χ0n) is 31.8. The maximum Gasteiger partial charge on any atom is 0.258 e. The van der Waals surface area contributed by atoms with E-state index in [1.807, 2.05) is 38.1 Å². The van der Waals surface area contributed by atoms with Crippen LogP contribution in [-0.2, 0) is 20.9 Å². The van der Waals surface area contributed by atoms with Gasteiger partial charge < -0.3 is 35.8 Å². The summed E-state index contributed by atoms with van der Waals surface area (Å²) in [5.41, 5.74) is 9.00. The number of ether oxygens (including phenoxy) is 2. The summed E-state index contributed by atoms with van der Waals surface area (Å²) in [6, 6.07) is 15.8. The maximum atomic E-state index is 14.4. The molecule has 2 aromatic carbocycles. The van der Waals surface area contributed by atoms with Crippen LogP contribution in [0.2, 0.25) is 0 Å². The molecular formula is C41H58N6O6. The molecule has 0 aliphatic carbocycles. The number of para-hydroxylation sites is 2. The smallest absolute Gasteiger partial charge is 0.258 e. The van der Waals surface area contributed by atoms with Crippen molar-refractivity contribution in [2.24, 2.45) is 5.92 Å².